The highest BCUT2D eigenvalue weighted by Crippen LogP contribution is 2.29. The quantitative estimate of drug-likeness (QED) is 0.727. The molecule has 1 fully saturated rings. The fraction of sp³-hybridized carbons (Fsp3) is 0.381. The van der Waals surface area contributed by atoms with Crippen molar-refractivity contribution < 1.29 is 13.2 Å². The van der Waals surface area contributed by atoms with E-state index in [0.29, 0.717) is 5.69 Å². The van der Waals surface area contributed by atoms with Gasteiger partial charge in [0.05, 0.1) is 10.6 Å². The Bertz CT molecular complexity index is 969. The van der Waals surface area contributed by atoms with E-state index in [1.165, 1.54) is 15.9 Å². The van der Waals surface area contributed by atoms with E-state index in [1.807, 2.05) is 24.3 Å². The molecule has 0 aliphatic carbocycles. The van der Waals surface area contributed by atoms with Crippen LogP contribution in [0.5, 0.6) is 0 Å². The molecule has 1 aliphatic rings. The van der Waals surface area contributed by atoms with Crippen LogP contribution in [0.25, 0.3) is 0 Å². The molecule has 29 heavy (non-hydrogen) atoms. The number of hydrogen-bond acceptors (Lipinski definition) is 4. The maximum Gasteiger partial charge on any atom is 0.244 e. The Morgan fingerprint density at radius 2 is 1.76 bits per heavy atom. The van der Waals surface area contributed by atoms with E-state index in [-0.39, 0.29) is 41.8 Å². The molecule has 1 aliphatic heterocycles. The standard InChI is InChI=1S/C21H26ClN3O3S/c1-2-5-16-8-10-17(11-9-16)24-20(26)21(23)12-14-25(15-13-21)29(27,28)19-7-4-3-6-18(19)22/h3-4,6-11H,2,5,12-15,23H2,1H3,(H,24,26). The zero-order chi connectivity index (χ0) is 21.1. The van der Waals surface area contributed by atoms with Crippen LogP contribution in [0.1, 0.15) is 31.7 Å². The largest absolute Gasteiger partial charge is 0.324 e. The van der Waals surface area contributed by atoms with E-state index in [4.69, 9.17) is 17.3 Å². The number of benzene rings is 2. The van der Waals surface area contributed by atoms with Gasteiger partial charge in [-0.1, -0.05) is 49.2 Å². The Balaban J connectivity index is 1.65. The molecule has 0 aromatic heterocycles. The van der Waals surface area contributed by atoms with Gasteiger partial charge >= 0.3 is 0 Å². The molecule has 0 atom stereocenters. The Kier molecular flexibility index (Phi) is 6.63. The maximum absolute atomic E-state index is 12.9. The zero-order valence-electron chi connectivity index (χ0n) is 16.4. The van der Waals surface area contributed by atoms with Crippen molar-refractivity contribution in [3.8, 4) is 0 Å². The van der Waals surface area contributed by atoms with E-state index in [1.54, 1.807) is 18.2 Å². The van der Waals surface area contributed by atoms with Gasteiger partial charge in [-0.3, -0.25) is 4.79 Å². The molecule has 0 radical (unpaired) electrons. The van der Waals surface area contributed by atoms with Gasteiger partial charge in [-0.25, -0.2) is 8.42 Å². The predicted molar refractivity (Wildman–Crippen MR) is 115 cm³/mol. The Hall–Kier alpha value is -1.93. The Labute approximate surface area is 177 Å². The average molecular weight is 436 g/mol. The predicted octanol–water partition coefficient (Wildman–Crippen LogP) is 3.41. The minimum Gasteiger partial charge on any atom is -0.324 e. The smallest absolute Gasteiger partial charge is 0.244 e. The lowest BCUT2D eigenvalue weighted by Gasteiger charge is -2.37. The number of amides is 1. The summed E-state index contributed by atoms with van der Waals surface area (Å²) in [7, 11) is -3.72. The zero-order valence-corrected chi connectivity index (χ0v) is 18.0. The molecule has 0 saturated carbocycles. The molecule has 2 aromatic carbocycles. The number of carbonyl (C=O) groups excluding carboxylic acids is 1. The first-order chi connectivity index (χ1) is 13.8. The number of nitrogens with zero attached hydrogens (tertiary/aromatic N) is 1. The number of nitrogens with two attached hydrogens (primary N) is 1. The monoisotopic (exact) mass is 435 g/mol. The first kappa shape index (κ1) is 21.8. The fourth-order valence-corrected chi connectivity index (χ4v) is 5.38. The third-order valence-corrected chi connectivity index (χ3v) is 7.67. The summed E-state index contributed by atoms with van der Waals surface area (Å²) in [6, 6.07) is 14.0. The van der Waals surface area contributed by atoms with Crippen molar-refractivity contribution >= 4 is 33.2 Å². The topological polar surface area (TPSA) is 92.5 Å². The number of aryl methyl sites for hydroxylation is 1. The second-order valence-electron chi connectivity index (χ2n) is 7.39. The molecular formula is C21H26ClN3O3S. The lowest BCUT2D eigenvalue weighted by atomic mass is 9.88. The van der Waals surface area contributed by atoms with Crippen LogP contribution in [0.3, 0.4) is 0 Å². The summed E-state index contributed by atoms with van der Waals surface area (Å²) >= 11 is 6.06. The molecule has 156 valence electrons. The van der Waals surface area contributed by atoms with E-state index in [9.17, 15) is 13.2 Å². The van der Waals surface area contributed by atoms with Crippen LogP contribution in [0, 0.1) is 0 Å². The minimum absolute atomic E-state index is 0.0720. The highest BCUT2D eigenvalue weighted by atomic mass is 35.5. The molecule has 1 saturated heterocycles. The van der Waals surface area contributed by atoms with Crippen LogP contribution in [0.2, 0.25) is 5.02 Å². The third kappa shape index (κ3) is 4.80. The molecule has 1 amide bonds. The van der Waals surface area contributed by atoms with Gasteiger partial charge in [0.2, 0.25) is 15.9 Å². The molecule has 3 rings (SSSR count). The van der Waals surface area contributed by atoms with Gasteiger partial charge in [0.15, 0.2) is 0 Å². The third-order valence-electron chi connectivity index (χ3n) is 5.27. The molecular weight excluding hydrogens is 410 g/mol. The SMILES string of the molecule is CCCc1ccc(NC(=O)C2(N)CCN(S(=O)(=O)c3ccccc3Cl)CC2)cc1. The van der Waals surface area contributed by atoms with Crippen molar-refractivity contribution in [2.75, 3.05) is 18.4 Å². The van der Waals surface area contributed by atoms with Crippen molar-refractivity contribution in [3.05, 3.63) is 59.1 Å². The molecule has 0 spiro atoms. The van der Waals surface area contributed by atoms with Crippen LogP contribution in [0.4, 0.5) is 5.69 Å². The number of carbonyl (C=O) groups is 1. The van der Waals surface area contributed by atoms with Gasteiger partial charge < -0.3 is 11.1 Å². The first-order valence-corrected chi connectivity index (χ1v) is 11.5. The molecule has 3 N–H and O–H groups in total. The van der Waals surface area contributed by atoms with Crippen LogP contribution < -0.4 is 11.1 Å². The van der Waals surface area contributed by atoms with Crippen LogP contribution in [0.15, 0.2) is 53.4 Å². The molecule has 8 heteroatoms. The van der Waals surface area contributed by atoms with Crippen molar-refractivity contribution in [2.45, 2.75) is 43.0 Å². The Morgan fingerprint density at radius 3 is 2.34 bits per heavy atom. The summed E-state index contributed by atoms with van der Waals surface area (Å²) in [6.07, 6.45) is 2.52. The number of sulfonamides is 1. The summed E-state index contributed by atoms with van der Waals surface area (Å²) in [5.41, 5.74) is 7.13. The number of hydrogen-bond donors (Lipinski definition) is 2. The van der Waals surface area contributed by atoms with Gasteiger partial charge in [-0.05, 0) is 49.1 Å². The number of piperidine rings is 1. The summed E-state index contributed by atoms with van der Waals surface area (Å²) < 4.78 is 27.1. The van der Waals surface area contributed by atoms with E-state index < -0.39 is 15.6 Å². The molecule has 6 nitrogen and oxygen atoms in total. The lowest BCUT2D eigenvalue weighted by Crippen LogP contribution is -2.58. The number of nitrogens with one attached hydrogen (secondary N) is 1. The van der Waals surface area contributed by atoms with E-state index in [2.05, 4.69) is 12.2 Å². The first-order valence-electron chi connectivity index (χ1n) is 9.70. The lowest BCUT2D eigenvalue weighted by molar-refractivity contribution is -0.122. The summed E-state index contributed by atoms with van der Waals surface area (Å²) in [4.78, 5) is 12.8. The van der Waals surface area contributed by atoms with E-state index >= 15 is 0 Å². The second-order valence-corrected chi connectivity index (χ2v) is 9.71. The second kappa shape index (κ2) is 8.83. The van der Waals surface area contributed by atoms with Crippen molar-refractivity contribution in [1.82, 2.24) is 4.31 Å². The van der Waals surface area contributed by atoms with Gasteiger partial charge in [0, 0.05) is 18.8 Å². The van der Waals surface area contributed by atoms with Crippen molar-refractivity contribution in [2.24, 2.45) is 5.73 Å². The summed E-state index contributed by atoms with van der Waals surface area (Å²) in [5, 5.41) is 3.04. The van der Waals surface area contributed by atoms with Gasteiger partial charge in [0.25, 0.3) is 0 Å². The number of halogens is 1. The van der Waals surface area contributed by atoms with Crippen LogP contribution >= 0.6 is 11.6 Å². The van der Waals surface area contributed by atoms with Gasteiger partial charge in [-0.15, -0.1) is 0 Å². The van der Waals surface area contributed by atoms with Crippen LogP contribution in [-0.4, -0.2) is 37.3 Å². The fourth-order valence-electron chi connectivity index (χ4n) is 3.44. The highest BCUT2D eigenvalue weighted by Gasteiger charge is 2.41. The highest BCUT2D eigenvalue weighted by molar-refractivity contribution is 7.89. The molecule has 1 heterocycles. The van der Waals surface area contributed by atoms with Crippen molar-refractivity contribution in [3.63, 3.8) is 0 Å². The van der Waals surface area contributed by atoms with E-state index in [0.717, 1.165) is 12.8 Å². The van der Waals surface area contributed by atoms with Crippen LogP contribution in [-0.2, 0) is 21.2 Å². The average Bonchev–Trinajstić information content (AvgIpc) is 2.70. The van der Waals surface area contributed by atoms with Gasteiger partial charge in [0.1, 0.15) is 4.90 Å². The molecule has 0 unspecified atom stereocenters. The number of anilines is 1. The minimum atomic E-state index is -3.72. The number of rotatable bonds is 6. The molecule has 2 aromatic rings. The summed E-state index contributed by atoms with van der Waals surface area (Å²) in [5.74, 6) is -0.296. The molecule has 0 bridgehead atoms. The Morgan fingerprint density at radius 1 is 1.14 bits per heavy atom. The van der Waals surface area contributed by atoms with Crippen molar-refractivity contribution in [1.29, 1.82) is 0 Å². The normalized spacial score (nSPS) is 17.1. The maximum atomic E-state index is 12.9. The summed E-state index contributed by atoms with van der Waals surface area (Å²) in [6.45, 7) is 2.44. The van der Waals surface area contributed by atoms with Gasteiger partial charge in [-0.2, -0.15) is 4.31 Å².